The van der Waals surface area contributed by atoms with Crippen LogP contribution in [0.2, 0.25) is 0 Å². The lowest BCUT2D eigenvalue weighted by Gasteiger charge is -2.23. The summed E-state index contributed by atoms with van der Waals surface area (Å²) in [5.74, 6) is 0.526. The van der Waals surface area contributed by atoms with Crippen LogP contribution >= 0.6 is 11.3 Å². The van der Waals surface area contributed by atoms with Crippen molar-refractivity contribution in [2.24, 2.45) is 5.73 Å². The number of aromatic nitrogens is 1. The van der Waals surface area contributed by atoms with E-state index in [1.54, 1.807) is 11.3 Å². The molecule has 1 aromatic heterocycles. The molecule has 1 heterocycles. The van der Waals surface area contributed by atoms with Gasteiger partial charge in [0.1, 0.15) is 0 Å². The molecule has 0 aliphatic rings. The number of nitrogens with zero attached hydrogens (tertiary/aromatic N) is 2. The molecule has 0 saturated carbocycles. The van der Waals surface area contributed by atoms with E-state index < -0.39 is 0 Å². The Bertz CT molecular complexity index is 325. The number of rotatable bonds is 9. The molecule has 104 valence electrons. The fourth-order valence-electron chi connectivity index (χ4n) is 2.04. The molecule has 0 amide bonds. The Balaban J connectivity index is 2.48. The van der Waals surface area contributed by atoms with E-state index in [9.17, 15) is 0 Å². The first-order valence-electron chi connectivity index (χ1n) is 7.07. The molecule has 0 aliphatic carbocycles. The molecule has 0 aromatic carbocycles. The third-order valence-electron chi connectivity index (χ3n) is 3.20. The van der Waals surface area contributed by atoms with Crippen LogP contribution in [0.25, 0.3) is 0 Å². The largest absolute Gasteiger partial charge is 0.330 e. The molecule has 1 rings (SSSR count). The average molecular weight is 269 g/mol. The molecule has 1 atom stereocenters. The normalized spacial score (nSPS) is 13.2. The van der Waals surface area contributed by atoms with Gasteiger partial charge in [0, 0.05) is 24.3 Å². The van der Waals surface area contributed by atoms with Crippen LogP contribution in [-0.2, 0) is 6.42 Å². The van der Waals surface area contributed by atoms with Crippen molar-refractivity contribution >= 4 is 11.3 Å². The fourth-order valence-corrected chi connectivity index (χ4v) is 2.94. The van der Waals surface area contributed by atoms with Crippen LogP contribution in [0, 0.1) is 0 Å². The Morgan fingerprint density at radius 2 is 2.22 bits per heavy atom. The molecule has 0 spiro atoms. The molecule has 0 saturated heterocycles. The third-order valence-corrected chi connectivity index (χ3v) is 4.32. The summed E-state index contributed by atoms with van der Waals surface area (Å²) < 4.78 is 0. The lowest BCUT2D eigenvalue weighted by atomic mass is 10.1. The summed E-state index contributed by atoms with van der Waals surface area (Å²) in [4.78, 5) is 7.21. The van der Waals surface area contributed by atoms with Crippen LogP contribution < -0.4 is 5.73 Å². The van der Waals surface area contributed by atoms with Crippen LogP contribution in [0.15, 0.2) is 5.38 Å². The van der Waals surface area contributed by atoms with Gasteiger partial charge in [-0.2, -0.15) is 0 Å². The maximum Gasteiger partial charge on any atom is 0.0969 e. The van der Waals surface area contributed by atoms with E-state index in [0.29, 0.717) is 12.5 Å². The highest BCUT2D eigenvalue weighted by Gasteiger charge is 2.13. The van der Waals surface area contributed by atoms with Crippen LogP contribution in [0.4, 0.5) is 0 Å². The lowest BCUT2D eigenvalue weighted by Crippen LogP contribution is -2.28. The topological polar surface area (TPSA) is 42.2 Å². The lowest BCUT2D eigenvalue weighted by molar-refractivity contribution is 0.269. The monoisotopic (exact) mass is 269 g/mol. The highest BCUT2D eigenvalue weighted by Crippen LogP contribution is 2.21. The molecule has 0 fully saturated rings. The molecule has 2 N–H and O–H groups in total. The van der Waals surface area contributed by atoms with Crippen LogP contribution in [0.5, 0.6) is 0 Å². The first-order valence-corrected chi connectivity index (χ1v) is 7.95. The highest BCUT2D eigenvalue weighted by atomic mass is 32.1. The Labute approximate surface area is 115 Å². The fraction of sp³-hybridized carbons (Fsp3) is 0.786. The average Bonchev–Trinajstić information content (AvgIpc) is 2.83. The molecule has 0 aliphatic heterocycles. The maximum absolute atomic E-state index is 5.56. The SMILES string of the molecule is CCCCN(CC)CC(C)c1nc(CCN)cs1. The maximum atomic E-state index is 5.56. The van der Waals surface area contributed by atoms with Crippen molar-refractivity contribution in [2.75, 3.05) is 26.2 Å². The van der Waals surface area contributed by atoms with E-state index in [1.807, 2.05) is 0 Å². The zero-order chi connectivity index (χ0) is 13.4. The van der Waals surface area contributed by atoms with Gasteiger partial charge in [-0.25, -0.2) is 4.98 Å². The Morgan fingerprint density at radius 3 is 2.83 bits per heavy atom. The third kappa shape index (κ3) is 5.04. The summed E-state index contributed by atoms with van der Waals surface area (Å²) in [5.41, 5.74) is 6.71. The second kappa shape index (κ2) is 8.62. The number of hydrogen-bond acceptors (Lipinski definition) is 4. The van der Waals surface area contributed by atoms with E-state index in [2.05, 4.69) is 36.0 Å². The van der Waals surface area contributed by atoms with Crippen molar-refractivity contribution in [3.8, 4) is 0 Å². The number of unbranched alkanes of at least 4 members (excludes halogenated alkanes) is 1. The predicted octanol–water partition coefficient (Wildman–Crippen LogP) is 2.87. The van der Waals surface area contributed by atoms with Gasteiger partial charge in [0.2, 0.25) is 0 Å². The smallest absolute Gasteiger partial charge is 0.0969 e. The van der Waals surface area contributed by atoms with Gasteiger partial charge in [-0.05, 0) is 26.1 Å². The van der Waals surface area contributed by atoms with E-state index in [4.69, 9.17) is 5.73 Å². The summed E-state index contributed by atoms with van der Waals surface area (Å²) in [7, 11) is 0. The van der Waals surface area contributed by atoms with Gasteiger partial charge in [-0.3, -0.25) is 0 Å². The zero-order valence-corrected chi connectivity index (χ0v) is 12.8. The minimum atomic E-state index is 0.526. The first kappa shape index (κ1) is 15.6. The second-order valence-corrected chi connectivity index (χ2v) is 5.75. The Kier molecular flexibility index (Phi) is 7.47. The Hall–Kier alpha value is -0.450. The van der Waals surface area contributed by atoms with Crippen LogP contribution in [0.3, 0.4) is 0 Å². The minimum Gasteiger partial charge on any atom is -0.330 e. The van der Waals surface area contributed by atoms with E-state index in [1.165, 1.54) is 24.4 Å². The van der Waals surface area contributed by atoms with E-state index >= 15 is 0 Å². The van der Waals surface area contributed by atoms with Gasteiger partial charge in [-0.15, -0.1) is 11.3 Å². The van der Waals surface area contributed by atoms with Gasteiger partial charge >= 0.3 is 0 Å². The quantitative estimate of drug-likeness (QED) is 0.749. The summed E-state index contributed by atoms with van der Waals surface area (Å²) in [6.07, 6.45) is 3.45. The van der Waals surface area contributed by atoms with Gasteiger partial charge in [0.25, 0.3) is 0 Å². The molecule has 1 aromatic rings. The van der Waals surface area contributed by atoms with Crippen molar-refractivity contribution < 1.29 is 0 Å². The molecule has 0 radical (unpaired) electrons. The van der Waals surface area contributed by atoms with Gasteiger partial charge in [-0.1, -0.05) is 27.2 Å². The minimum absolute atomic E-state index is 0.526. The van der Waals surface area contributed by atoms with E-state index in [-0.39, 0.29) is 0 Å². The van der Waals surface area contributed by atoms with Crippen molar-refractivity contribution in [3.63, 3.8) is 0 Å². The van der Waals surface area contributed by atoms with Gasteiger partial charge < -0.3 is 10.6 Å². The standard InChI is InChI=1S/C14H27N3S/c1-4-6-9-17(5-2)10-12(3)14-16-13(7-8-15)11-18-14/h11-12H,4-10,15H2,1-3H3. The van der Waals surface area contributed by atoms with Crippen molar-refractivity contribution in [1.82, 2.24) is 9.88 Å². The molecule has 0 bridgehead atoms. The number of nitrogens with two attached hydrogens (primary N) is 1. The number of thiazole rings is 1. The number of likely N-dealkylation sites (N-methyl/N-ethyl adjacent to an activating group) is 1. The Morgan fingerprint density at radius 1 is 1.44 bits per heavy atom. The van der Waals surface area contributed by atoms with E-state index in [0.717, 1.165) is 25.2 Å². The van der Waals surface area contributed by atoms with Gasteiger partial charge in [0.15, 0.2) is 0 Å². The first-order chi connectivity index (χ1) is 8.71. The summed E-state index contributed by atoms with van der Waals surface area (Å²) in [6, 6.07) is 0. The van der Waals surface area contributed by atoms with Crippen molar-refractivity contribution in [3.05, 3.63) is 16.1 Å². The highest BCUT2D eigenvalue weighted by molar-refractivity contribution is 7.09. The molecule has 1 unspecified atom stereocenters. The van der Waals surface area contributed by atoms with Crippen molar-refractivity contribution in [2.45, 2.75) is 46.0 Å². The molecule has 18 heavy (non-hydrogen) atoms. The molecule has 4 heteroatoms. The second-order valence-electron chi connectivity index (χ2n) is 4.86. The summed E-state index contributed by atoms with van der Waals surface area (Å²) in [6.45, 7) is 10.9. The predicted molar refractivity (Wildman–Crippen MR) is 80.3 cm³/mol. The number of hydrogen-bond donors (Lipinski definition) is 1. The van der Waals surface area contributed by atoms with Crippen molar-refractivity contribution in [1.29, 1.82) is 0 Å². The van der Waals surface area contributed by atoms with Crippen LogP contribution in [-0.4, -0.2) is 36.1 Å². The zero-order valence-electron chi connectivity index (χ0n) is 12.0. The molecule has 3 nitrogen and oxygen atoms in total. The molecular formula is C14H27N3S. The molecular weight excluding hydrogens is 242 g/mol. The summed E-state index contributed by atoms with van der Waals surface area (Å²) >= 11 is 1.78. The summed E-state index contributed by atoms with van der Waals surface area (Å²) in [5, 5.41) is 3.41. The van der Waals surface area contributed by atoms with Gasteiger partial charge in [0.05, 0.1) is 10.7 Å². The van der Waals surface area contributed by atoms with Crippen LogP contribution in [0.1, 0.15) is 50.2 Å².